The Bertz CT molecular complexity index is 298. The van der Waals surface area contributed by atoms with Crippen LogP contribution in [-0.4, -0.2) is 0 Å². The summed E-state index contributed by atoms with van der Waals surface area (Å²) >= 11 is 1.74. The van der Waals surface area contributed by atoms with Crippen LogP contribution in [0.25, 0.3) is 0 Å². The van der Waals surface area contributed by atoms with Gasteiger partial charge in [0.25, 0.3) is 0 Å². The van der Waals surface area contributed by atoms with E-state index in [0.717, 1.165) is 0 Å². The lowest BCUT2D eigenvalue weighted by atomic mass is 10.1. The summed E-state index contributed by atoms with van der Waals surface area (Å²) in [6.07, 6.45) is 2.14. The highest BCUT2D eigenvalue weighted by Crippen LogP contribution is 2.24. The van der Waals surface area contributed by atoms with Gasteiger partial charge in [-0.3, -0.25) is 5.84 Å². The van der Waals surface area contributed by atoms with E-state index in [1.165, 1.54) is 16.0 Å². The molecule has 1 unspecified atom stereocenters. The van der Waals surface area contributed by atoms with Crippen molar-refractivity contribution in [1.82, 2.24) is 5.43 Å². The Morgan fingerprint density at radius 1 is 1.62 bits per heavy atom. The van der Waals surface area contributed by atoms with E-state index in [0.29, 0.717) is 0 Å². The zero-order valence-corrected chi connectivity index (χ0v) is 9.11. The van der Waals surface area contributed by atoms with Crippen LogP contribution in [0.4, 0.5) is 0 Å². The maximum absolute atomic E-state index is 5.49. The molecule has 0 amide bonds. The average Bonchev–Trinajstić information content (AvgIpc) is 2.47. The largest absolute Gasteiger partial charge is 0.271 e. The van der Waals surface area contributed by atoms with Crippen LogP contribution in [0.3, 0.4) is 0 Å². The third kappa shape index (κ3) is 2.66. The molecule has 0 aromatic carbocycles. The average molecular weight is 196 g/mol. The molecular formula is C10H16N2S. The first-order valence-electron chi connectivity index (χ1n) is 4.30. The van der Waals surface area contributed by atoms with Gasteiger partial charge in [0, 0.05) is 4.88 Å². The molecule has 1 atom stereocenters. The molecule has 0 aliphatic carbocycles. The van der Waals surface area contributed by atoms with E-state index >= 15 is 0 Å². The summed E-state index contributed by atoms with van der Waals surface area (Å²) in [6.45, 7) is 6.26. The molecule has 0 saturated carbocycles. The van der Waals surface area contributed by atoms with Gasteiger partial charge in [-0.15, -0.1) is 11.3 Å². The first-order valence-corrected chi connectivity index (χ1v) is 5.18. The van der Waals surface area contributed by atoms with Crippen LogP contribution in [-0.2, 0) is 0 Å². The van der Waals surface area contributed by atoms with E-state index in [9.17, 15) is 0 Å². The van der Waals surface area contributed by atoms with Crippen LogP contribution in [0.15, 0.2) is 23.1 Å². The lowest BCUT2D eigenvalue weighted by Gasteiger charge is -2.11. The number of hydrazine groups is 1. The molecule has 0 fully saturated rings. The molecule has 0 radical (unpaired) electrons. The van der Waals surface area contributed by atoms with E-state index in [-0.39, 0.29) is 6.04 Å². The second-order valence-corrected chi connectivity index (χ2v) is 4.30. The van der Waals surface area contributed by atoms with Crippen molar-refractivity contribution in [3.63, 3.8) is 0 Å². The van der Waals surface area contributed by atoms with E-state index in [1.807, 2.05) is 0 Å². The van der Waals surface area contributed by atoms with Crippen LogP contribution in [0.5, 0.6) is 0 Å². The fourth-order valence-corrected chi connectivity index (χ4v) is 2.19. The lowest BCUT2D eigenvalue weighted by molar-refractivity contribution is 0.659. The van der Waals surface area contributed by atoms with Crippen molar-refractivity contribution in [2.75, 3.05) is 0 Å². The summed E-state index contributed by atoms with van der Waals surface area (Å²) in [5.41, 5.74) is 5.38. The normalized spacial score (nSPS) is 12.6. The van der Waals surface area contributed by atoms with Gasteiger partial charge in [0.2, 0.25) is 0 Å². The topological polar surface area (TPSA) is 38.0 Å². The van der Waals surface area contributed by atoms with E-state index < -0.39 is 0 Å². The predicted molar refractivity (Wildman–Crippen MR) is 58.6 cm³/mol. The van der Waals surface area contributed by atoms with Crippen molar-refractivity contribution in [2.24, 2.45) is 5.84 Å². The first kappa shape index (κ1) is 10.4. The molecule has 3 heteroatoms. The maximum atomic E-state index is 5.49. The molecule has 0 aliphatic rings. The number of hydrogen-bond acceptors (Lipinski definition) is 3. The quantitative estimate of drug-likeness (QED) is 0.443. The number of thiophene rings is 1. The minimum absolute atomic E-state index is 0.157. The summed E-state index contributed by atoms with van der Waals surface area (Å²) in [5.74, 6) is 5.49. The molecule has 1 aromatic rings. The van der Waals surface area contributed by atoms with Gasteiger partial charge in [0.1, 0.15) is 0 Å². The van der Waals surface area contributed by atoms with Crippen LogP contribution in [0.2, 0.25) is 0 Å². The lowest BCUT2D eigenvalue weighted by Crippen LogP contribution is -2.26. The summed E-state index contributed by atoms with van der Waals surface area (Å²) in [6, 6.07) is 2.27. The maximum Gasteiger partial charge on any atom is 0.0738 e. The molecule has 0 spiro atoms. The SMILES string of the molecule is CC(C)=CC(NN)c1sccc1C. The number of aryl methyl sites for hydroxylation is 1. The van der Waals surface area contributed by atoms with Gasteiger partial charge in [-0.05, 0) is 37.8 Å². The summed E-state index contributed by atoms with van der Waals surface area (Å²) in [5, 5.41) is 2.09. The van der Waals surface area contributed by atoms with E-state index in [2.05, 4.69) is 43.7 Å². The molecule has 72 valence electrons. The van der Waals surface area contributed by atoms with Crippen molar-refractivity contribution in [2.45, 2.75) is 26.8 Å². The molecule has 1 heterocycles. The molecule has 3 N–H and O–H groups in total. The summed E-state index contributed by atoms with van der Waals surface area (Å²) in [7, 11) is 0. The Hall–Kier alpha value is -0.640. The van der Waals surface area contributed by atoms with E-state index in [1.54, 1.807) is 11.3 Å². The van der Waals surface area contributed by atoms with Gasteiger partial charge in [-0.2, -0.15) is 0 Å². The Morgan fingerprint density at radius 3 is 2.69 bits per heavy atom. The van der Waals surface area contributed by atoms with Crippen molar-refractivity contribution in [1.29, 1.82) is 0 Å². The van der Waals surface area contributed by atoms with Crippen LogP contribution < -0.4 is 11.3 Å². The Labute approximate surface area is 83.4 Å². The second-order valence-electron chi connectivity index (χ2n) is 3.36. The number of nitrogens with two attached hydrogens (primary N) is 1. The number of allylic oxidation sites excluding steroid dienone is 1. The zero-order chi connectivity index (χ0) is 9.84. The molecule has 2 nitrogen and oxygen atoms in total. The monoisotopic (exact) mass is 196 g/mol. The number of hydrogen-bond donors (Lipinski definition) is 2. The summed E-state index contributed by atoms with van der Waals surface area (Å²) in [4.78, 5) is 1.30. The van der Waals surface area contributed by atoms with Gasteiger partial charge >= 0.3 is 0 Å². The van der Waals surface area contributed by atoms with Crippen molar-refractivity contribution < 1.29 is 0 Å². The number of rotatable bonds is 3. The third-order valence-electron chi connectivity index (χ3n) is 1.86. The van der Waals surface area contributed by atoms with Crippen molar-refractivity contribution >= 4 is 11.3 Å². The van der Waals surface area contributed by atoms with Crippen LogP contribution in [0, 0.1) is 6.92 Å². The highest BCUT2D eigenvalue weighted by atomic mass is 32.1. The van der Waals surface area contributed by atoms with Crippen molar-refractivity contribution in [3.05, 3.63) is 33.5 Å². The molecular weight excluding hydrogens is 180 g/mol. The van der Waals surface area contributed by atoms with Crippen LogP contribution >= 0.6 is 11.3 Å². The van der Waals surface area contributed by atoms with Gasteiger partial charge < -0.3 is 0 Å². The predicted octanol–water partition coefficient (Wildman–Crippen LogP) is 2.53. The standard InChI is InChI=1S/C10H16N2S/c1-7(2)6-9(12-11)10-8(3)4-5-13-10/h4-6,9,12H,11H2,1-3H3. The Kier molecular flexibility index (Phi) is 3.66. The van der Waals surface area contributed by atoms with Gasteiger partial charge in [-0.1, -0.05) is 11.6 Å². The molecule has 0 bridgehead atoms. The smallest absolute Gasteiger partial charge is 0.0738 e. The van der Waals surface area contributed by atoms with Gasteiger partial charge in [0.15, 0.2) is 0 Å². The minimum atomic E-state index is 0.157. The minimum Gasteiger partial charge on any atom is -0.271 e. The fourth-order valence-electron chi connectivity index (χ4n) is 1.24. The van der Waals surface area contributed by atoms with Gasteiger partial charge in [-0.25, -0.2) is 5.43 Å². The second kappa shape index (κ2) is 4.56. The first-order chi connectivity index (χ1) is 6.15. The third-order valence-corrected chi connectivity index (χ3v) is 2.97. The highest BCUT2D eigenvalue weighted by molar-refractivity contribution is 7.10. The van der Waals surface area contributed by atoms with E-state index in [4.69, 9.17) is 5.84 Å². The molecule has 13 heavy (non-hydrogen) atoms. The van der Waals surface area contributed by atoms with Crippen molar-refractivity contribution in [3.8, 4) is 0 Å². The Morgan fingerprint density at radius 2 is 2.31 bits per heavy atom. The molecule has 1 rings (SSSR count). The zero-order valence-electron chi connectivity index (χ0n) is 8.29. The highest BCUT2D eigenvalue weighted by Gasteiger charge is 2.09. The van der Waals surface area contributed by atoms with Crippen LogP contribution in [0.1, 0.15) is 30.3 Å². The molecule has 0 saturated heterocycles. The fraction of sp³-hybridized carbons (Fsp3) is 0.400. The molecule has 0 aliphatic heterocycles. The molecule has 1 aromatic heterocycles. The number of nitrogens with one attached hydrogen (secondary N) is 1. The Balaban J connectivity index is 2.91. The van der Waals surface area contributed by atoms with Gasteiger partial charge in [0.05, 0.1) is 6.04 Å². The summed E-state index contributed by atoms with van der Waals surface area (Å²) < 4.78 is 0.